The second-order valence-corrected chi connectivity index (χ2v) is 8.71. The molecule has 2 amide bonds. The molecule has 2 aromatic carbocycles. The van der Waals surface area contributed by atoms with E-state index in [2.05, 4.69) is 10.7 Å². The van der Waals surface area contributed by atoms with Gasteiger partial charge >= 0.3 is 0 Å². The van der Waals surface area contributed by atoms with Crippen LogP contribution in [0.2, 0.25) is 0 Å². The molecule has 5 rings (SSSR count). The molecular formula is C25H22F2N4O4. The third-order valence-corrected chi connectivity index (χ3v) is 6.18. The van der Waals surface area contributed by atoms with Gasteiger partial charge < -0.3 is 15.0 Å². The number of nitrogens with zero attached hydrogens (tertiary/aromatic N) is 2. The van der Waals surface area contributed by atoms with E-state index in [4.69, 9.17) is 0 Å². The summed E-state index contributed by atoms with van der Waals surface area (Å²) in [6, 6.07) is 11.2. The number of fused-ring (bicyclic) bond motifs is 1. The van der Waals surface area contributed by atoms with Gasteiger partial charge in [0.15, 0.2) is 11.4 Å². The molecule has 0 saturated heterocycles. The Morgan fingerprint density at radius 1 is 1.00 bits per heavy atom. The summed E-state index contributed by atoms with van der Waals surface area (Å²) >= 11 is 0. The van der Waals surface area contributed by atoms with E-state index in [-0.39, 0.29) is 30.3 Å². The Bertz CT molecular complexity index is 1350. The molecule has 1 aliphatic heterocycles. The molecule has 1 aliphatic carbocycles. The molecule has 2 aliphatic rings. The summed E-state index contributed by atoms with van der Waals surface area (Å²) in [7, 11) is 0. The largest absolute Gasteiger partial charge is 0.503 e. The fourth-order valence-electron chi connectivity index (χ4n) is 4.13. The lowest BCUT2D eigenvalue weighted by Gasteiger charge is -2.37. The van der Waals surface area contributed by atoms with Crippen LogP contribution < -0.4 is 16.2 Å². The second-order valence-electron chi connectivity index (χ2n) is 8.71. The predicted octanol–water partition coefficient (Wildman–Crippen LogP) is 2.83. The Kier molecular flexibility index (Phi) is 5.81. The van der Waals surface area contributed by atoms with Gasteiger partial charge in [0.25, 0.3) is 11.8 Å². The van der Waals surface area contributed by atoms with E-state index in [0.29, 0.717) is 11.1 Å². The minimum atomic E-state index is -0.959. The maximum atomic E-state index is 13.3. The standard InChI is InChI=1S/C25H22F2N4O4/c26-17-7-1-14(2-8-17)11-28-24(34)19-13-30-20(22(33)21(19)32)25(35)31(29-23(30)16-5-6-16)12-15-3-9-18(27)10-4-15/h1-4,7-10,13,16,23,29,33H,5-6,11-12H2,(H,28,34). The second kappa shape index (κ2) is 8.95. The molecule has 0 bridgehead atoms. The molecule has 2 heterocycles. The normalized spacial score (nSPS) is 17.3. The highest BCUT2D eigenvalue weighted by atomic mass is 19.1. The summed E-state index contributed by atoms with van der Waals surface area (Å²) in [6.45, 7) is 0.144. The van der Waals surface area contributed by atoms with Gasteiger partial charge in [-0.3, -0.25) is 19.4 Å². The molecule has 0 spiro atoms. The van der Waals surface area contributed by atoms with Crippen LogP contribution in [0.1, 0.15) is 51.0 Å². The third-order valence-electron chi connectivity index (χ3n) is 6.18. The number of aromatic hydroxyl groups is 1. The zero-order valence-corrected chi connectivity index (χ0v) is 18.5. The first-order valence-corrected chi connectivity index (χ1v) is 11.1. The summed E-state index contributed by atoms with van der Waals surface area (Å²) in [5.41, 5.74) is 2.96. The van der Waals surface area contributed by atoms with Crippen LogP contribution in [-0.4, -0.2) is 26.5 Å². The van der Waals surface area contributed by atoms with Crippen LogP contribution in [0, 0.1) is 17.6 Å². The van der Waals surface area contributed by atoms with E-state index in [9.17, 15) is 28.3 Å². The number of carbonyl (C=O) groups excluding carboxylic acids is 2. The van der Waals surface area contributed by atoms with E-state index >= 15 is 0 Å². The minimum Gasteiger partial charge on any atom is -0.503 e. The molecule has 8 nitrogen and oxygen atoms in total. The summed E-state index contributed by atoms with van der Waals surface area (Å²) in [6.07, 6.45) is 2.57. The Labute approximate surface area is 198 Å². The number of pyridine rings is 1. The number of benzene rings is 2. The molecule has 1 fully saturated rings. The van der Waals surface area contributed by atoms with Crippen LogP contribution in [0.5, 0.6) is 5.75 Å². The summed E-state index contributed by atoms with van der Waals surface area (Å²) in [5.74, 6) is -2.84. The number of hydrogen-bond donors (Lipinski definition) is 3. The van der Waals surface area contributed by atoms with Crippen molar-refractivity contribution in [2.24, 2.45) is 5.92 Å². The number of halogens is 2. The van der Waals surface area contributed by atoms with Crippen molar-refractivity contribution in [3.05, 3.63) is 99.0 Å². The minimum absolute atomic E-state index is 0.0513. The van der Waals surface area contributed by atoms with E-state index in [1.54, 1.807) is 12.1 Å². The van der Waals surface area contributed by atoms with Gasteiger partial charge in [0, 0.05) is 12.7 Å². The quantitative estimate of drug-likeness (QED) is 0.504. The lowest BCUT2D eigenvalue weighted by atomic mass is 10.1. The predicted molar refractivity (Wildman–Crippen MR) is 121 cm³/mol. The molecule has 35 heavy (non-hydrogen) atoms. The van der Waals surface area contributed by atoms with Crippen LogP contribution >= 0.6 is 0 Å². The summed E-state index contributed by atoms with van der Waals surface area (Å²) < 4.78 is 27.8. The van der Waals surface area contributed by atoms with Crippen LogP contribution in [0.25, 0.3) is 0 Å². The van der Waals surface area contributed by atoms with Crippen molar-refractivity contribution in [3.8, 4) is 5.75 Å². The number of amides is 2. The molecule has 1 aromatic heterocycles. The Morgan fingerprint density at radius 3 is 2.20 bits per heavy atom. The fraction of sp³-hybridized carbons (Fsp3) is 0.240. The topological polar surface area (TPSA) is 104 Å². The lowest BCUT2D eigenvalue weighted by molar-refractivity contribution is 0.0401. The third kappa shape index (κ3) is 4.52. The first kappa shape index (κ1) is 22.7. The van der Waals surface area contributed by atoms with Gasteiger partial charge in [0.1, 0.15) is 23.4 Å². The van der Waals surface area contributed by atoms with Gasteiger partial charge in [0.2, 0.25) is 5.43 Å². The maximum Gasteiger partial charge on any atom is 0.289 e. The van der Waals surface area contributed by atoms with Gasteiger partial charge in [-0.05, 0) is 54.2 Å². The molecule has 1 unspecified atom stereocenters. The zero-order valence-electron chi connectivity index (χ0n) is 18.5. The van der Waals surface area contributed by atoms with Gasteiger partial charge in [-0.2, -0.15) is 0 Å². The van der Waals surface area contributed by atoms with E-state index in [1.165, 1.54) is 52.2 Å². The van der Waals surface area contributed by atoms with Crippen molar-refractivity contribution in [2.45, 2.75) is 32.1 Å². The van der Waals surface area contributed by atoms with Crippen molar-refractivity contribution in [1.29, 1.82) is 0 Å². The fourth-order valence-corrected chi connectivity index (χ4v) is 4.13. The molecule has 10 heteroatoms. The zero-order chi connectivity index (χ0) is 24.7. The van der Waals surface area contributed by atoms with Crippen molar-refractivity contribution in [2.75, 3.05) is 0 Å². The highest BCUT2D eigenvalue weighted by molar-refractivity contribution is 5.98. The van der Waals surface area contributed by atoms with Gasteiger partial charge in [-0.15, -0.1) is 0 Å². The monoisotopic (exact) mass is 480 g/mol. The Balaban J connectivity index is 1.44. The number of rotatable bonds is 6. The molecule has 180 valence electrons. The van der Waals surface area contributed by atoms with Crippen molar-refractivity contribution in [3.63, 3.8) is 0 Å². The number of hydrazine groups is 1. The molecule has 3 aromatic rings. The van der Waals surface area contributed by atoms with Crippen LogP contribution in [0.4, 0.5) is 8.78 Å². The number of hydrogen-bond acceptors (Lipinski definition) is 5. The first-order chi connectivity index (χ1) is 16.8. The average Bonchev–Trinajstić information content (AvgIpc) is 3.69. The lowest BCUT2D eigenvalue weighted by Crippen LogP contribution is -2.53. The average molecular weight is 480 g/mol. The van der Waals surface area contributed by atoms with Crippen LogP contribution in [-0.2, 0) is 13.1 Å². The number of nitrogens with one attached hydrogen (secondary N) is 2. The Hall–Kier alpha value is -4.05. The molecule has 0 radical (unpaired) electrons. The van der Waals surface area contributed by atoms with E-state index in [0.717, 1.165) is 12.8 Å². The highest BCUT2D eigenvalue weighted by Crippen LogP contribution is 2.41. The van der Waals surface area contributed by atoms with Crippen molar-refractivity contribution < 1.29 is 23.5 Å². The number of aromatic nitrogens is 1. The smallest absolute Gasteiger partial charge is 0.289 e. The molecule has 3 N–H and O–H groups in total. The summed E-state index contributed by atoms with van der Waals surface area (Å²) in [5, 5.41) is 14.6. The van der Waals surface area contributed by atoms with Gasteiger partial charge in [-0.1, -0.05) is 24.3 Å². The Morgan fingerprint density at radius 2 is 1.60 bits per heavy atom. The van der Waals surface area contributed by atoms with Gasteiger partial charge in [0.05, 0.1) is 6.54 Å². The SMILES string of the molecule is O=C(NCc1ccc(F)cc1)c1cn2c(c(O)c1=O)C(=O)N(Cc1ccc(F)cc1)NC2C1CC1. The van der Waals surface area contributed by atoms with Crippen LogP contribution in [0.15, 0.2) is 59.5 Å². The van der Waals surface area contributed by atoms with E-state index in [1.807, 2.05) is 0 Å². The van der Waals surface area contributed by atoms with Crippen molar-refractivity contribution in [1.82, 2.24) is 20.3 Å². The molecule has 1 saturated carbocycles. The van der Waals surface area contributed by atoms with Gasteiger partial charge in [-0.25, -0.2) is 14.2 Å². The first-order valence-electron chi connectivity index (χ1n) is 11.1. The number of carbonyl (C=O) groups is 2. The molecule has 1 atom stereocenters. The molecular weight excluding hydrogens is 458 g/mol. The highest BCUT2D eigenvalue weighted by Gasteiger charge is 2.42. The van der Waals surface area contributed by atoms with E-state index < -0.39 is 40.8 Å². The summed E-state index contributed by atoms with van der Waals surface area (Å²) in [4.78, 5) is 38.9. The maximum absolute atomic E-state index is 13.3. The van der Waals surface area contributed by atoms with Crippen molar-refractivity contribution >= 4 is 11.8 Å². The van der Waals surface area contributed by atoms with Crippen LogP contribution in [0.3, 0.4) is 0 Å².